The fraction of sp³-hybridized carbons (Fsp3) is 0.500. The smallest absolute Gasteiger partial charge is 0.408 e. The maximum absolute atomic E-state index is 13.9. The maximum Gasteiger partial charge on any atom is 0.408 e. The fourth-order valence-corrected chi connectivity index (χ4v) is 4.35. The monoisotopic (exact) mass is 750 g/mol. The molecule has 0 aliphatic carbocycles. The van der Waals surface area contributed by atoms with Crippen molar-refractivity contribution in [2.24, 2.45) is 21.7 Å². The number of H-pyrrole nitrogens is 1. The van der Waals surface area contributed by atoms with Crippen molar-refractivity contribution in [1.82, 2.24) is 31.2 Å². The van der Waals surface area contributed by atoms with Gasteiger partial charge in [0.05, 0.1) is 17.2 Å². The van der Waals surface area contributed by atoms with Gasteiger partial charge in [-0.3, -0.25) is 9.89 Å². The Bertz CT molecular complexity index is 1790. The number of hydrogen-bond acceptors (Lipinski definition) is 8. The topological polar surface area (TPSA) is 186 Å². The van der Waals surface area contributed by atoms with Crippen LogP contribution in [0.2, 0.25) is 0 Å². The number of benzene rings is 2. The van der Waals surface area contributed by atoms with Gasteiger partial charge in [0.2, 0.25) is 0 Å². The molecular formula is C36H50F4N8O5. The number of amidine groups is 1. The second kappa shape index (κ2) is 17.1. The first-order valence-corrected chi connectivity index (χ1v) is 16.5. The van der Waals surface area contributed by atoms with Gasteiger partial charge in [-0.15, -0.1) is 0 Å². The van der Waals surface area contributed by atoms with Gasteiger partial charge in [-0.05, 0) is 88.8 Å². The van der Waals surface area contributed by atoms with E-state index in [4.69, 9.17) is 15.2 Å². The summed E-state index contributed by atoms with van der Waals surface area (Å²) in [6.07, 6.45) is -1.38. The Labute approximate surface area is 306 Å². The third-order valence-electron chi connectivity index (χ3n) is 6.75. The van der Waals surface area contributed by atoms with E-state index in [1.54, 1.807) is 62.3 Å². The summed E-state index contributed by atoms with van der Waals surface area (Å²) in [4.78, 5) is 40.9. The van der Waals surface area contributed by atoms with Crippen LogP contribution < -0.4 is 21.8 Å². The summed E-state index contributed by atoms with van der Waals surface area (Å²) in [6, 6.07) is 4.17. The average Bonchev–Trinajstić information content (AvgIpc) is 3.46. The molecule has 0 bridgehead atoms. The van der Waals surface area contributed by atoms with Gasteiger partial charge in [-0.2, -0.15) is 10.2 Å². The van der Waals surface area contributed by atoms with E-state index < -0.39 is 81.3 Å². The van der Waals surface area contributed by atoms with E-state index in [9.17, 15) is 31.9 Å². The van der Waals surface area contributed by atoms with Gasteiger partial charge in [0, 0.05) is 0 Å². The summed E-state index contributed by atoms with van der Waals surface area (Å²) >= 11 is 0. The van der Waals surface area contributed by atoms with Gasteiger partial charge >= 0.3 is 12.2 Å². The Balaban J connectivity index is 0.000000367. The molecule has 3 rings (SSSR count). The van der Waals surface area contributed by atoms with Crippen LogP contribution in [0, 0.1) is 34.1 Å². The molecule has 2 aromatic carbocycles. The van der Waals surface area contributed by atoms with Gasteiger partial charge < -0.3 is 25.8 Å². The van der Waals surface area contributed by atoms with E-state index in [1.165, 1.54) is 0 Å². The van der Waals surface area contributed by atoms with Crippen LogP contribution in [0.3, 0.4) is 0 Å². The molecule has 0 radical (unpaired) electrons. The summed E-state index contributed by atoms with van der Waals surface area (Å²) in [5, 5.41) is 15.5. The van der Waals surface area contributed by atoms with Crippen LogP contribution in [-0.2, 0) is 14.3 Å². The third-order valence-corrected chi connectivity index (χ3v) is 6.75. The van der Waals surface area contributed by atoms with E-state index in [0.29, 0.717) is 5.82 Å². The van der Waals surface area contributed by atoms with E-state index in [-0.39, 0.29) is 17.0 Å². The number of aromatic nitrogens is 3. The van der Waals surface area contributed by atoms with E-state index in [0.717, 1.165) is 36.4 Å². The fourth-order valence-electron chi connectivity index (χ4n) is 4.35. The van der Waals surface area contributed by atoms with Crippen LogP contribution in [0.1, 0.15) is 101 Å². The van der Waals surface area contributed by atoms with Crippen molar-refractivity contribution < 1.29 is 41.4 Å². The number of alkyl carbamates (subject to hydrolysis) is 2. The van der Waals surface area contributed by atoms with Crippen molar-refractivity contribution >= 4 is 23.9 Å². The van der Waals surface area contributed by atoms with Crippen molar-refractivity contribution in [3.8, 4) is 11.4 Å². The number of aromatic amines is 1. The molecule has 0 aliphatic heterocycles. The Kier molecular flexibility index (Phi) is 14.2. The van der Waals surface area contributed by atoms with E-state index in [1.807, 2.05) is 20.8 Å². The lowest BCUT2D eigenvalue weighted by Crippen LogP contribution is -2.53. The van der Waals surface area contributed by atoms with Crippen LogP contribution in [-0.4, -0.2) is 56.4 Å². The van der Waals surface area contributed by atoms with Crippen molar-refractivity contribution in [2.75, 3.05) is 0 Å². The minimum atomic E-state index is -1.01. The lowest BCUT2D eigenvalue weighted by Gasteiger charge is -2.30. The largest absolute Gasteiger partial charge is 0.444 e. The van der Waals surface area contributed by atoms with Crippen molar-refractivity contribution in [3.63, 3.8) is 0 Å². The molecule has 17 heteroatoms. The first-order chi connectivity index (χ1) is 24.1. The number of nitrogens with zero attached hydrogens (tertiary/aromatic N) is 3. The summed E-state index contributed by atoms with van der Waals surface area (Å²) < 4.78 is 64.8. The zero-order valence-corrected chi connectivity index (χ0v) is 32.1. The first-order valence-electron chi connectivity index (χ1n) is 16.5. The molecule has 2 atom stereocenters. The molecule has 1 heterocycles. The van der Waals surface area contributed by atoms with Crippen molar-refractivity contribution in [2.45, 2.75) is 106 Å². The summed E-state index contributed by atoms with van der Waals surface area (Å²) in [5.74, 6) is -3.48. The molecule has 13 nitrogen and oxygen atoms in total. The normalized spacial score (nSPS) is 13.5. The minimum absolute atomic E-state index is 0.0113. The number of halogens is 4. The molecule has 0 fully saturated rings. The molecule has 0 aliphatic rings. The van der Waals surface area contributed by atoms with Gasteiger partial charge in [-0.1, -0.05) is 41.5 Å². The highest BCUT2D eigenvalue weighted by Crippen LogP contribution is 2.32. The van der Waals surface area contributed by atoms with Crippen LogP contribution in [0.4, 0.5) is 27.2 Å². The van der Waals surface area contributed by atoms with E-state index >= 15 is 0 Å². The third kappa shape index (κ3) is 14.4. The van der Waals surface area contributed by atoms with Gasteiger partial charge in [0.15, 0.2) is 11.7 Å². The number of nitrogens with two attached hydrogens (primary N) is 1. The molecule has 53 heavy (non-hydrogen) atoms. The van der Waals surface area contributed by atoms with Crippen molar-refractivity contribution in [1.29, 1.82) is 0 Å². The highest BCUT2D eigenvalue weighted by atomic mass is 19.1. The molecule has 1 aromatic heterocycles. The second-order valence-electron chi connectivity index (χ2n) is 16.2. The second-order valence-corrected chi connectivity index (χ2v) is 16.2. The van der Waals surface area contributed by atoms with Gasteiger partial charge in [0.25, 0.3) is 5.91 Å². The van der Waals surface area contributed by atoms with Crippen LogP contribution in [0.25, 0.3) is 11.4 Å². The van der Waals surface area contributed by atoms with Crippen LogP contribution >= 0.6 is 0 Å². The molecule has 3 aromatic rings. The van der Waals surface area contributed by atoms with Gasteiger partial charge in [-0.25, -0.2) is 37.6 Å². The van der Waals surface area contributed by atoms with Crippen LogP contribution in [0.5, 0.6) is 0 Å². The number of hydrazone groups is 1. The number of carbonyl (C=O) groups excluding carboxylic acids is 3. The average molecular weight is 751 g/mol. The molecule has 292 valence electrons. The zero-order valence-electron chi connectivity index (χ0n) is 32.1. The quantitative estimate of drug-likeness (QED) is 0.0739. The van der Waals surface area contributed by atoms with Crippen molar-refractivity contribution in [3.05, 3.63) is 71.1 Å². The molecule has 6 N–H and O–H groups in total. The van der Waals surface area contributed by atoms with Crippen LogP contribution in [0.15, 0.2) is 41.5 Å². The molecule has 0 saturated carbocycles. The number of ether oxygens (including phenoxy) is 2. The maximum atomic E-state index is 13.9. The summed E-state index contributed by atoms with van der Waals surface area (Å²) in [5.41, 5.74) is 4.94. The molecule has 3 amide bonds. The summed E-state index contributed by atoms with van der Waals surface area (Å²) in [7, 11) is 0. The number of nitrogens with one attached hydrogen (secondary N) is 4. The molecule has 0 spiro atoms. The number of rotatable bonds is 7. The highest BCUT2D eigenvalue weighted by molar-refractivity contribution is 5.98. The zero-order chi connectivity index (χ0) is 40.7. The highest BCUT2D eigenvalue weighted by Gasteiger charge is 2.35. The Morgan fingerprint density at radius 2 is 1.26 bits per heavy atom. The number of hydrogen-bond donors (Lipinski definition) is 5. The summed E-state index contributed by atoms with van der Waals surface area (Å²) in [6.45, 7) is 21.3. The minimum Gasteiger partial charge on any atom is -0.444 e. The standard InChI is InChI=1S/C18H26F2N4O3.C18H24F2N4O2/c1-17(2,3)13(22-16(26)27-18(4,5)6)15(25)24-23-14(21)11-9-10(19)7-8-12(11)20;1-17(2,3)13(21-16(25)26-18(4,5)6)15-22-14(23-24-15)11-9-10(19)7-8-12(11)20/h7-9,13H,1-6H3,(H2,21,23)(H,22,26)(H,24,25);7-9,13H,1-6H3,(H,21,25)(H,22,23,24)/t2*13-/m00/s1. The number of carbonyl (C=O) groups is 3. The predicted octanol–water partition coefficient (Wildman–Crippen LogP) is 7.00. The first kappa shape index (κ1) is 43.9. The lowest BCUT2D eigenvalue weighted by molar-refractivity contribution is -0.125. The van der Waals surface area contributed by atoms with Gasteiger partial charge in [0.1, 0.15) is 46.3 Å². The SMILES string of the molecule is CC(C)(C)OC(=O)N[C@@H](C(=O)NN=C(N)c1cc(F)ccc1F)C(C)(C)C.CC(C)(C)OC(=O)N[C@@H](c1nc(-c2cc(F)ccc2F)n[nH]1)C(C)(C)C. The lowest BCUT2D eigenvalue weighted by atomic mass is 9.86. The predicted molar refractivity (Wildman–Crippen MR) is 191 cm³/mol. The Morgan fingerprint density at radius 1 is 0.755 bits per heavy atom. The Hall–Kier alpha value is -5.22. The molecular weight excluding hydrogens is 700 g/mol. The van der Waals surface area contributed by atoms with E-state index in [2.05, 4.69) is 36.3 Å². The number of amides is 3. The molecule has 0 unspecified atom stereocenters. The Morgan fingerprint density at radius 3 is 1.77 bits per heavy atom. The molecule has 0 saturated heterocycles.